The van der Waals surface area contributed by atoms with Gasteiger partial charge in [-0.1, -0.05) is 20.3 Å². The maximum absolute atomic E-state index is 10.2. The van der Waals surface area contributed by atoms with Gasteiger partial charge in [0.15, 0.2) is 0 Å². The molecule has 2 atom stereocenters. The maximum Gasteiger partial charge on any atom is 1.00 e. The average molecular weight is 154 g/mol. The standard InChI is InChI=1S/C6H13NO2.Na/c1-3-4(2)5(7)6(8)9;/h4-5H,3,7H2,1-2H3,(H,8,9);/q;+1/t4-,5-;/m0./s1. The van der Waals surface area contributed by atoms with Crippen molar-refractivity contribution < 1.29 is 39.5 Å². The van der Waals surface area contributed by atoms with Crippen molar-refractivity contribution in [2.75, 3.05) is 0 Å². The molecule has 3 N–H and O–H groups in total. The Labute approximate surface area is 83.3 Å². The molecule has 0 spiro atoms. The van der Waals surface area contributed by atoms with Crippen LogP contribution in [0.2, 0.25) is 0 Å². The monoisotopic (exact) mass is 154 g/mol. The summed E-state index contributed by atoms with van der Waals surface area (Å²) in [6.45, 7) is 3.76. The number of carboxylic acid groups (broad SMARTS) is 1. The van der Waals surface area contributed by atoms with E-state index in [0.717, 1.165) is 6.42 Å². The first kappa shape index (κ1) is 13.1. The first-order valence-electron chi connectivity index (χ1n) is 3.08. The molecule has 0 saturated heterocycles. The quantitative estimate of drug-likeness (QED) is 0.440. The van der Waals surface area contributed by atoms with E-state index in [1.54, 1.807) is 0 Å². The molecule has 0 fully saturated rings. The van der Waals surface area contributed by atoms with Gasteiger partial charge in [-0.05, 0) is 5.92 Å². The van der Waals surface area contributed by atoms with Crippen LogP contribution in [0.25, 0.3) is 0 Å². The predicted molar refractivity (Wildman–Crippen MR) is 35.1 cm³/mol. The molecule has 0 rings (SSSR count). The van der Waals surface area contributed by atoms with Crippen LogP contribution in [-0.2, 0) is 4.79 Å². The second kappa shape index (κ2) is 6.16. The Kier molecular flexibility index (Phi) is 8.04. The Morgan fingerprint density at radius 1 is 1.70 bits per heavy atom. The second-order valence-electron chi connectivity index (χ2n) is 2.25. The van der Waals surface area contributed by atoms with Crippen molar-refractivity contribution in [2.24, 2.45) is 11.7 Å². The van der Waals surface area contributed by atoms with Gasteiger partial charge in [0.25, 0.3) is 0 Å². The topological polar surface area (TPSA) is 63.3 Å². The fourth-order valence-corrected chi connectivity index (χ4v) is 0.497. The van der Waals surface area contributed by atoms with Crippen LogP contribution in [0.5, 0.6) is 0 Å². The fraction of sp³-hybridized carbons (Fsp3) is 0.833. The zero-order valence-corrected chi connectivity index (χ0v) is 8.79. The summed E-state index contributed by atoms with van der Waals surface area (Å²) >= 11 is 0. The molecule has 4 heteroatoms. The largest absolute Gasteiger partial charge is 1.00 e. The van der Waals surface area contributed by atoms with Gasteiger partial charge in [-0.15, -0.1) is 0 Å². The van der Waals surface area contributed by atoms with Crippen LogP contribution in [-0.4, -0.2) is 17.1 Å². The number of rotatable bonds is 3. The zero-order chi connectivity index (χ0) is 7.44. The molecule has 0 radical (unpaired) electrons. The third-order valence-electron chi connectivity index (χ3n) is 1.54. The summed E-state index contributed by atoms with van der Waals surface area (Å²) in [5, 5.41) is 8.36. The van der Waals surface area contributed by atoms with E-state index >= 15 is 0 Å². The second-order valence-corrected chi connectivity index (χ2v) is 2.25. The molecule has 0 aliphatic rings. The van der Waals surface area contributed by atoms with Gasteiger partial charge in [0.2, 0.25) is 0 Å². The van der Waals surface area contributed by atoms with E-state index < -0.39 is 12.0 Å². The minimum atomic E-state index is -0.913. The Bertz CT molecular complexity index is 108. The molecule has 0 saturated carbocycles. The van der Waals surface area contributed by atoms with E-state index in [-0.39, 0.29) is 35.5 Å². The summed E-state index contributed by atoms with van der Waals surface area (Å²) in [7, 11) is 0. The molecule has 0 aromatic heterocycles. The Morgan fingerprint density at radius 2 is 2.10 bits per heavy atom. The van der Waals surface area contributed by atoms with E-state index in [9.17, 15) is 4.79 Å². The van der Waals surface area contributed by atoms with Gasteiger partial charge in [-0.2, -0.15) is 0 Å². The molecular weight excluding hydrogens is 141 g/mol. The molecule has 3 nitrogen and oxygen atoms in total. The van der Waals surface area contributed by atoms with Crippen LogP contribution in [0.4, 0.5) is 0 Å². The van der Waals surface area contributed by atoms with Crippen LogP contribution in [0.1, 0.15) is 20.3 Å². The Balaban J connectivity index is 0. The summed E-state index contributed by atoms with van der Waals surface area (Å²) in [5.41, 5.74) is 5.27. The van der Waals surface area contributed by atoms with Crippen LogP contribution < -0.4 is 35.3 Å². The molecule has 54 valence electrons. The average Bonchev–Trinajstić information content (AvgIpc) is 1.84. The molecular formula is C6H13NNaO2+. The van der Waals surface area contributed by atoms with Crippen molar-refractivity contribution in [2.45, 2.75) is 26.3 Å². The van der Waals surface area contributed by atoms with Gasteiger partial charge >= 0.3 is 35.5 Å². The fourth-order valence-electron chi connectivity index (χ4n) is 0.497. The molecule has 0 aromatic rings. The molecule has 0 heterocycles. The Morgan fingerprint density at radius 3 is 2.20 bits per heavy atom. The summed E-state index contributed by atoms with van der Waals surface area (Å²) < 4.78 is 0. The van der Waals surface area contributed by atoms with E-state index in [1.807, 2.05) is 13.8 Å². The van der Waals surface area contributed by atoms with Crippen LogP contribution in [0.3, 0.4) is 0 Å². The summed E-state index contributed by atoms with van der Waals surface area (Å²) in [6.07, 6.45) is 0.813. The van der Waals surface area contributed by atoms with Gasteiger partial charge in [-0.25, -0.2) is 0 Å². The van der Waals surface area contributed by atoms with E-state index in [4.69, 9.17) is 10.8 Å². The smallest absolute Gasteiger partial charge is 0.480 e. The molecule has 0 bridgehead atoms. The molecule has 10 heavy (non-hydrogen) atoms. The first-order chi connectivity index (χ1) is 4.09. The SMILES string of the molecule is CC[C@H](C)[C@H](N)C(=O)O.[Na+]. The van der Waals surface area contributed by atoms with Gasteiger partial charge in [-0.3, -0.25) is 4.79 Å². The number of nitrogens with two attached hydrogens (primary N) is 1. The van der Waals surface area contributed by atoms with Crippen molar-refractivity contribution in [3.05, 3.63) is 0 Å². The van der Waals surface area contributed by atoms with Crippen molar-refractivity contribution in [1.82, 2.24) is 0 Å². The van der Waals surface area contributed by atoms with E-state index in [2.05, 4.69) is 0 Å². The third-order valence-corrected chi connectivity index (χ3v) is 1.54. The Hall–Kier alpha value is 0.430. The molecule has 0 unspecified atom stereocenters. The van der Waals surface area contributed by atoms with Crippen molar-refractivity contribution in [1.29, 1.82) is 0 Å². The van der Waals surface area contributed by atoms with E-state index in [1.165, 1.54) is 0 Å². The molecule has 0 amide bonds. The summed E-state index contributed by atoms with van der Waals surface area (Å²) in [6, 6.07) is -0.699. The predicted octanol–water partition coefficient (Wildman–Crippen LogP) is -2.55. The number of hydrogen-bond acceptors (Lipinski definition) is 2. The minimum absolute atomic E-state index is 0. The maximum atomic E-state index is 10.2. The minimum Gasteiger partial charge on any atom is -0.480 e. The number of carbonyl (C=O) groups is 1. The van der Waals surface area contributed by atoms with Crippen LogP contribution in [0, 0.1) is 5.92 Å². The van der Waals surface area contributed by atoms with Crippen LogP contribution >= 0.6 is 0 Å². The van der Waals surface area contributed by atoms with E-state index in [0.29, 0.717) is 0 Å². The summed E-state index contributed by atoms with van der Waals surface area (Å²) in [5.74, 6) is -0.841. The van der Waals surface area contributed by atoms with Crippen molar-refractivity contribution >= 4 is 5.97 Å². The molecule has 0 aliphatic heterocycles. The third kappa shape index (κ3) is 4.28. The van der Waals surface area contributed by atoms with Crippen molar-refractivity contribution in [3.63, 3.8) is 0 Å². The van der Waals surface area contributed by atoms with Gasteiger partial charge in [0.05, 0.1) is 0 Å². The number of aliphatic carboxylic acids is 1. The van der Waals surface area contributed by atoms with Gasteiger partial charge in [0, 0.05) is 0 Å². The van der Waals surface area contributed by atoms with Crippen LogP contribution in [0.15, 0.2) is 0 Å². The van der Waals surface area contributed by atoms with Crippen molar-refractivity contribution in [3.8, 4) is 0 Å². The number of carboxylic acids is 1. The first-order valence-corrected chi connectivity index (χ1v) is 3.08. The summed E-state index contributed by atoms with van der Waals surface area (Å²) in [4.78, 5) is 10.2. The van der Waals surface area contributed by atoms with Gasteiger partial charge < -0.3 is 10.8 Å². The van der Waals surface area contributed by atoms with Gasteiger partial charge in [0.1, 0.15) is 6.04 Å². The molecule has 0 aliphatic carbocycles. The number of hydrogen-bond donors (Lipinski definition) is 2. The molecule has 0 aromatic carbocycles. The zero-order valence-electron chi connectivity index (χ0n) is 6.79. The normalized spacial score (nSPS) is 15.1.